The minimum absolute atomic E-state index is 0.107. The van der Waals surface area contributed by atoms with Crippen molar-refractivity contribution in [1.29, 1.82) is 0 Å². The number of nitrogens with one attached hydrogen (secondary N) is 1. The molecule has 1 N–H and O–H groups in total. The Balaban J connectivity index is 1.62. The summed E-state index contributed by atoms with van der Waals surface area (Å²) in [5.74, 6) is 0.767. The zero-order chi connectivity index (χ0) is 19.2. The molecule has 0 aliphatic heterocycles. The maximum absolute atomic E-state index is 12.2. The van der Waals surface area contributed by atoms with Crippen molar-refractivity contribution in [1.82, 2.24) is 24.6 Å². The first kappa shape index (κ1) is 19.4. The van der Waals surface area contributed by atoms with Crippen molar-refractivity contribution in [3.63, 3.8) is 0 Å². The molecule has 1 aliphatic rings. The predicted octanol–water partition coefficient (Wildman–Crippen LogP) is 2.90. The van der Waals surface area contributed by atoms with Gasteiger partial charge in [0.25, 0.3) is 5.91 Å². The van der Waals surface area contributed by atoms with Gasteiger partial charge >= 0.3 is 0 Å². The van der Waals surface area contributed by atoms with Gasteiger partial charge in [-0.05, 0) is 25.0 Å². The van der Waals surface area contributed by atoms with Crippen molar-refractivity contribution in [3.8, 4) is 0 Å². The molecule has 2 aromatic rings. The van der Waals surface area contributed by atoms with Crippen LogP contribution in [0.3, 0.4) is 0 Å². The van der Waals surface area contributed by atoms with Gasteiger partial charge in [0.1, 0.15) is 11.5 Å². The van der Waals surface area contributed by atoms with Crippen LogP contribution in [-0.2, 0) is 18.4 Å². The molecule has 0 bridgehead atoms. The number of nitrogens with zero attached hydrogens (tertiary/aromatic N) is 4. The third-order valence-corrected chi connectivity index (χ3v) is 5.76. The van der Waals surface area contributed by atoms with Crippen LogP contribution in [0, 0.1) is 0 Å². The fourth-order valence-corrected chi connectivity index (χ4v) is 4.18. The zero-order valence-corrected chi connectivity index (χ0v) is 16.4. The van der Waals surface area contributed by atoms with Crippen LogP contribution in [0.25, 0.3) is 0 Å². The summed E-state index contributed by atoms with van der Waals surface area (Å²) in [4.78, 5) is 24.3. The molecule has 144 valence electrons. The molecule has 1 fully saturated rings. The molecule has 3 rings (SSSR count). The average molecular weight is 388 g/mol. The highest BCUT2D eigenvalue weighted by molar-refractivity contribution is 7.99. The van der Waals surface area contributed by atoms with Crippen molar-refractivity contribution in [3.05, 3.63) is 42.5 Å². The van der Waals surface area contributed by atoms with E-state index in [2.05, 4.69) is 22.1 Å². The number of aromatic nitrogens is 4. The van der Waals surface area contributed by atoms with Crippen LogP contribution in [0.1, 0.15) is 54.3 Å². The van der Waals surface area contributed by atoms with Crippen LogP contribution in [0.5, 0.6) is 0 Å². The Labute approximate surface area is 163 Å². The molecule has 0 radical (unpaired) electrons. The molecule has 27 heavy (non-hydrogen) atoms. The van der Waals surface area contributed by atoms with E-state index in [9.17, 15) is 9.59 Å². The van der Waals surface area contributed by atoms with Crippen LogP contribution < -0.4 is 5.32 Å². The Morgan fingerprint density at radius 3 is 2.78 bits per heavy atom. The van der Waals surface area contributed by atoms with Gasteiger partial charge < -0.3 is 9.13 Å². The van der Waals surface area contributed by atoms with Gasteiger partial charge in [-0.15, -0.1) is 16.8 Å². The molecule has 2 heterocycles. The lowest BCUT2D eigenvalue weighted by Crippen LogP contribution is -2.33. The lowest BCUT2D eigenvalue weighted by molar-refractivity contribution is -0.117. The summed E-state index contributed by atoms with van der Waals surface area (Å²) in [6.07, 6.45) is 9.56. The summed E-state index contributed by atoms with van der Waals surface area (Å²) in [6, 6.07) is 3.44. The number of carbonyl (C=O) groups is 2. The van der Waals surface area contributed by atoms with Crippen molar-refractivity contribution in [2.24, 2.45) is 7.05 Å². The van der Waals surface area contributed by atoms with E-state index in [0.717, 1.165) is 18.7 Å². The van der Waals surface area contributed by atoms with Crippen molar-refractivity contribution >= 4 is 23.6 Å². The first-order valence-corrected chi connectivity index (χ1v) is 10.2. The minimum Gasteiger partial charge on any atom is -0.347 e. The first-order valence-electron chi connectivity index (χ1n) is 9.22. The standard InChI is InChI=1S/C19H25N5O2S/c1-3-11-24-17(14-8-5-4-6-9-14)21-22-19(24)27-13-16(25)20-18(26)15-10-7-12-23(15)2/h3,7,10,12,14H,1,4-6,8-9,11,13H2,2H3,(H,20,25,26). The minimum atomic E-state index is -0.399. The van der Waals surface area contributed by atoms with Crippen LogP contribution in [-0.4, -0.2) is 36.9 Å². The van der Waals surface area contributed by atoms with E-state index in [0.29, 0.717) is 23.3 Å². The number of hydrogen-bond acceptors (Lipinski definition) is 5. The van der Waals surface area contributed by atoms with Gasteiger partial charge in [0.2, 0.25) is 5.91 Å². The van der Waals surface area contributed by atoms with Crippen LogP contribution in [0.4, 0.5) is 0 Å². The number of aryl methyl sites for hydroxylation is 1. The highest BCUT2D eigenvalue weighted by atomic mass is 32.2. The second-order valence-corrected chi connectivity index (χ2v) is 7.69. The third-order valence-electron chi connectivity index (χ3n) is 4.79. The van der Waals surface area contributed by atoms with Crippen molar-refractivity contribution in [2.45, 2.75) is 49.7 Å². The number of imide groups is 1. The van der Waals surface area contributed by atoms with Crippen LogP contribution in [0.2, 0.25) is 0 Å². The molecule has 7 nitrogen and oxygen atoms in total. The molecule has 2 aromatic heterocycles. The molecule has 0 saturated heterocycles. The number of hydrogen-bond donors (Lipinski definition) is 1. The van der Waals surface area contributed by atoms with E-state index in [-0.39, 0.29) is 11.7 Å². The van der Waals surface area contributed by atoms with E-state index < -0.39 is 5.91 Å². The average Bonchev–Trinajstić information content (AvgIpc) is 3.27. The number of amides is 2. The Kier molecular flexibility index (Phi) is 6.49. The van der Waals surface area contributed by atoms with Gasteiger partial charge in [0, 0.05) is 25.7 Å². The molecule has 0 unspecified atom stereocenters. The fraction of sp³-hybridized carbons (Fsp3) is 0.474. The van der Waals surface area contributed by atoms with E-state index >= 15 is 0 Å². The summed E-state index contributed by atoms with van der Waals surface area (Å²) < 4.78 is 3.72. The van der Waals surface area contributed by atoms with E-state index in [1.54, 1.807) is 29.9 Å². The van der Waals surface area contributed by atoms with Crippen LogP contribution in [0.15, 0.2) is 36.1 Å². The summed E-state index contributed by atoms with van der Waals surface area (Å²) >= 11 is 1.29. The molecule has 0 atom stereocenters. The van der Waals surface area contributed by atoms with Gasteiger partial charge in [0.15, 0.2) is 5.16 Å². The first-order chi connectivity index (χ1) is 13.1. The van der Waals surface area contributed by atoms with Crippen LogP contribution >= 0.6 is 11.8 Å². The SMILES string of the molecule is C=CCn1c(SCC(=O)NC(=O)c2cccn2C)nnc1C1CCCCC1. The summed E-state index contributed by atoms with van der Waals surface area (Å²) in [5, 5.41) is 11.8. The number of rotatable bonds is 7. The summed E-state index contributed by atoms with van der Waals surface area (Å²) in [5.41, 5.74) is 0.447. The topological polar surface area (TPSA) is 81.8 Å². The Morgan fingerprint density at radius 2 is 2.11 bits per heavy atom. The smallest absolute Gasteiger partial charge is 0.274 e. The van der Waals surface area contributed by atoms with Gasteiger partial charge in [-0.3, -0.25) is 14.9 Å². The zero-order valence-electron chi connectivity index (χ0n) is 15.6. The molecular weight excluding hydrogens is 362 g/mol. The Morgan fingerprint density at radius 1 is 1.33 bits per heavy atom. The normalized spacial score (nSPS) is 14.9. The second kappa shape index (κ2) is 9.03. The highest BCUT2D eigenvalue weighted by Crippen LogP contribution is 2.33. The largest absolute Gasteiger partial charge is 0.347 e. The van der Waals surface area contributed by atoms with Gasteiger partial charge in [0.05, 0.1) is 5.75 Å². The molecule has 1 aliphatic carbocycles. The van der Waals surface area contributed by atoms with E-state index in [1.165, 1.54) is 31.0 Å². The molecule has 0 aromatic carbocycles. The Hall–Kier alpha value is -2.35. The Bertz CT molecular complexity index is 820. The van der Waals surface area contributed by atoms with Gasteiger partial charge in [-0.25, -0.2) is 0 Å². The number of carbonyl (C=O) groups excluding carboxylic acids is 2. The number of thioether (sulfide) groups is 1. The van der Waals surface area contributed by atoms with Crippen molar-refractivity contribution < 1.29 is 9.59 Å². The molecule has 2 amide bonds. The summed E-state index contributed by atoms with van der Waals surface area (Å²) in [7, 11) is 1.76. The lowest BCUT2D eigenvalue weighted by Gasteiger charge is -2.21. The lowest BCUT2D eigenvalue weighted by atomic mass is 9.89. The monoisotopic (exact) mass is 387 g/mol. The molecule has 8 heteroatoms. The molecule has 1 saturated carbocycles. The number of allylic oxidation sites excluding steroid dienone is 1. The van der Waals surface area contributed by atoms with E-state index in [1.807, 2.05) is 10.6 Å². The van der Waals surface area contributed by atoms with Gasteiger partial charge in [-0.1, -0.05) is 37.1 Å². The van der Waals surface area contributed by atoms with Crippen molar-refractivity contribution in [2.75, 3.05) is 5.75 Å². The maximum atomic E-state index is 12.2. The fourth-order valence-electron chi connectivity index (χ4n) is 3.42. The second-order valence-electron chi connectivity index (χ2n) is 6.75. The maximum Gasteiger partial charge on any atom is 0.274 e. The summed E-state index contributed by atoms with van der Waals surface area (Å²) in [6.45, 7) is 4.44. The van der Waals surface area contributed by atoms with Gasteiger partial charge in [-0.2, -0.15) is 0 Å². The predicted molar refractivity (Wildman–Crippen MR) is 105 cm³/mol. The highest BCUT2D eigenvalue weighted by Gasteiger charge is 2.23. The molecular formula is C19H25N5O2S. The third kappa shape index (κ3) is 4.68. The van der Waals surface area contributed by atoms with E-state index in [4.69, 9.17) is 0 Å². The molecule has 0 spiro atoms. The quantitative estimate of drug-likeness (QED) is 0.583.